The van der Waals surface area contributed by atoms with E-state index in [1.807, 2.05) is 25.3 Å². The Bertz CT molecular complexity index is 275. The lowest BCUT2D eigenvalue weighted by molar-refractivity contribution is -0.141. The molecule has 0 unspecified atom stereocenters. The number of methoxy groups -OCH3 is 1. The van der Waals surface area contributed by atoms with Crippen molar-refractivity contribution in [1.29, 1.82) is 0 Å². The Hall–Kier alpha value is -0.830. The Morgan fingerprint density at radius 1 is 1.62 bits per heavy atom. The maximum Gasteiger partial charge on any atom is 0.306 e. The van der Waals surface area contributed by atoms with Crippen molar-refractivity contribution in [2.45, 2.75) is 25.7 Å². The van der Waals surface area contributed by atoms with Crippen LogP contribution in [0, 0.1) is 0 Å². The highest BCUT2D eigenvalue weighted by molar-refractivity contribution is 7.08. The van der Waals surface area contributed by atoms with Gasteiger partial charge in [0, 0.05) is 5.41 Å². The van der Waals surface area contributed by atoms with E-state index >= 15 is 0 Å². The van der Waals surface area contributed by atoms with Gasteiger partial charge in [0.05, 0.1) is 13.5 Å². The molecular weight excluding hydrogens is 184 g/mol. The minimum absolute atomic E-state index is 0.118. The van der Waals surface area contributed by atoms with Crippen molar-refractivity contribution in [2.75, 3.05) is 7.11 Å². The van der Waals surface area contributed by atoms with Crippen molar-refractivity contribution in [3.63, 3.8) is 0 Å². The van der Waals surface area contributed by atoms with E-state index in [0.717, 1.165) is 0 Å². The minimum Gasteiger partial charge on any atom is -0.469 e. The van der Waals surface area contributed by atoms with Gasteiger partial charge >= 0.3 is 5.97 Å². The van der Waals surface area contributed by atoms with E-state index in [-0.39, 0.29) is 11.4 Å². The Morgan fingerprint density at radius 3 is 2.77 bits per heavy atom. The number of esters is 1. The van der Waals surface area contributed by atoms with Crippen molar-refractivity contribution in [3.8, 4) is 0 Å². The standard InChI is InChI=1S/C10H14O2S/c1-10(2,6-9(11)12-3)8-4-5-13-7-8/h4-5,7H,6H2,1-3H3. The molecule has 1 rings (SSSR count). The summed E-state index contributed by atoms with van der Waals surface area (Å²) in [6.07, 6.45) is 0.431. The molecule has 1 heterocycles. The molecule has 0 bridgehead atoms. The summed E-state index contributed by atoms with van der Waals surface area (Å²) in [5.41, 5.74) is 1.08. The molecule has 0 aromatic carbocycles. The number of rotatable bonds is 3. The fraction of sp³-hybridized carbons (Fsp3) is 0.500. The molecule has 2 nitrogen and oxygen atoms in total. The fourth-order valence-corrected chi connectivity index (χ4v) is 2.03. The molecule has 1 aromatic heterocycles. The van der Waals surface area contributed by atoms with Gasteiger partial charge < -0.3 is 4.74 Å². The van der Waals surface area contributed by atoms with E-state index in [0.29, 0.717) is 6.42 Å². The lowest BCUT2D eigenvalue weighted by Crippen LogP contribution is -2.21. The molecule has 0 spiro atoms. The predicted octanol–water partition coefficient (Wildman–Crippen LogP) is 2.59. The van der Waals surface area contributed by atoms with Crippen LogP contribution in [-0.2, 0) is 14.9 Å². The zero-order valence-electron chi connectivity index (χ0n) is 8.16. The zero-order valence-corrected chi connectivity index (χ0v) is 8.98. The fourth-order valence-electron chi connectivity index (χ4n) is 1.18. The first kappa shape index (κ1) is 10.3. The van der Waals surface area contributed by atoms with Gasteiger partial charge in [-0.1, -0.05) is 13.8 Å². The topological polar surface area (TPSA) is 26.3 Å². The molecule has 0 aliphatic carbocycles. The normalized spacial score (nSPS) is 11.3. The van der Waals surface area contributed by atoms with Crippen LogP contribution >= 0.6 is 11.3 Å². The van der Waals surface area contributed by atoms with Crippen LogP contribution in [0.25, 0.3) is 0 Å². The average molecular weight is 198 g/mol. The molecule has 72 valence electrons. The van der Waals surface area contributed by atoms with E-state index in [1.54, 1.807) is 11.3 Å². The lowest BCUT2D eigenvalue weighted by atomic mass is 9.83. The molecule has 0 atom stereocenters. The summed E-state index contributed by atoms with van der Waals surface area (Å²) in [7, 11) is 1.42. The van der Waals surface area contributed by atoms with Crippen LogP contribution in [0.15, 0.2) is 16.8 Å². The highest BCUT2D eigenvalue weighted by Gasteiger charge is 2.24. The van der Waals surface area contributed by atoms with Gasteiger partial charge in [-0.25, -0.2) is 0 Å². The summed E-state index contributed by atoms with van der Waals surface area (Å²) >= 11 is 1.65. The second-order valence-corrected chi connectivity index (χ2v) is 4.43. The molecule has 0 saturated heterocycles. The van der Waals surface area contributed by atoms with E-state index in [9.17, 15) is 4.79 Å². The van der Waals surface area contributed by atoms with Crippen molar-refractivity contribution in [2.24, 2.45) is 0 Å². The molecule has 0 fully saturated rings. The Morgan fingerprint density at radius 2 is 2.31 bits per heavy atom. The predicted molar refractivity (Wildman–Crippen MR) is 54.0 cm³/mol. The molecule has 0 aliphatic heterocycles. The molecular formula is C10H14O2S. The summed E-state index contributed by atoms with van der Waals surface area (Å²) in [6.45, 7) is 4.10. The molecule has 0 N–H and O–H groups in total. The Labute approximate surface area is 82.5 Å². The summed E-state index contributed by atoms with van der Waals surface area (Å²) in [4.78, 5) is 11.1. The third-order valence-corrected chi connectivity index (χ3v) is 2.80. The highest BCUT2D eigenvalue weighted by Crippen LogP contribution is 2.28. The van der Waals surface area contributed by atoms with Gasteiger partial charge in [0.15, 0.2) is 0 Å². The quantitative estimate of drug-likeness (QED) is 0.698. The number of carbonyl (C=O) groups is 1. The van der Waals surface area contributed by atoms with Gasteiger partial charge in [-0.2, -0.15) is 11.3 Å². The number of ether oxygens (including phenoxy) is 1. The van der Waals surface area contributed by atoms with Crippen molar-refractivity contribution < 1.29 is 9.53 Å². The molecule has 0 saturated carbocycles. The first-order valence-corrected chi connectivity index (χ1v) is 5.10. The molecule has 3 heteroatoms. The largest absolute Gasteiger partial charge is 0.469 e. The maximum atomic E-state index is 11.1. The van der Waals surface area contributed by atoms with Crippen molar-refractivity contribution >= 4 is 17.3 Å². The zero-order chi connectivity index (χ0) is 9.90. The van der Waals surface area contributed by atoms with Crippen LogP contribution in [-0.4, -0.2) is 13.1 Å². The first-order valence-electron chi connectivity index (χ1n) is 4.16. The summed E-state index contributed by atoms with van der Waals surface area (Å²) in [5.74, 6) is -0.156. The third kappa shape index (κ3) is 2.56. The van der Waals surface area contributed by atoms with Gasteiger partial charge in [0.1, 0.15) is 0 Å². The van der Waals surface area contributed by atoms with Crippen molar-refractivity contribution in [3.05, 3.63) is 22.4 Å². The highest BCUT2D eigenvalue weighted by atomic mass is 32.1. The van der Waals surface area contributed by atoms with Crippen LogP contribution < -0.4 is 0 Å². The van der Waals surface area contributed by atoms with Crippen molar-refractivity contribution in [1.82, 2.24) is 0 Å². The molecule has 13 heavy (non-hydrogen) atoms. The Balaban J connectivity index is 2.72. The van der Waals surface area contributed by atoms with Crippen LogP contribution in [0.3, 0.4) is 0 Å². The van der Waals surface area contributed by atoms with Crippen LogP contribution in [0.2, 0.25) is 0 Å². The SMILES string of the molecule is COC(=O)CC(C)(C)c1ccsc1. The maximum absolute atomic E-state index is 11.1. The summed E-state index contributed by atoms with van der Waals surface area (Å²) < 4.78 is 4.65. The van der Waals surface area contributed by atoms with Gasteiger partial charge in [-0.3, -0.25) is 4.79 Å². The van der Waals surface area contributed by atoms with Gasteiger partial charge in [-0.15, -0.1) is 0 Å². The van der Waals surface area contributed by atoms with Crippen LogP contribution in [0.4, 0.5) is 0 Å². The van der Waals surface area contributed by atoms with Crippen LogP contribution in [0.5, 0.6) is 0 Å². The monoisotopic (exact) mass is 198 g/mol. The third-order valence-electron chi connectivity index (χ3n) is 2.12. The second kappa shape index (κ2) is 3.92. The van der Waals surface area contributed by atoms with Gasteiger partial charge in [0.2, 0.25) is 0 Å². The molecule has 0 amide bonds. The number of carbonyl (C=O) groups excluding carboxylic acids is 1. The first-order chi connectivity index (χ1) is 6.06. The summed E-state index contributed by atoms with van der Waals surface area (Å²) in [5, 5.41) is 4.09. The molecule has 0 radical (unpaired) electrons. The second-order valence-electron chi connectivity index (χ2n) is 3.65. The lowest BCUT2D eigenvalue weighted by Gasteiger charge is -2.21. The molecule has 0 aliphatic rings. The van der Waals surface area contributed by atoms with Crippen LogP contribution in [0.1, 0.15) is 25.8 Å². The van der Waals surface area contributed by atoms with E-state index in [1.165, 1.54) is 12.7 Å². The number of hydrogen-bond donors (Lipinski definition) is 0. The van der Waals surface area contributed by atoms with Gasteiger partial charge in [-0.05, 0) is 22.4 Å². The minimum atomic E-state index is -0.156. The van der Waals surface area contributed by atoms with E-state index in [4.69, 9.17) is 0 Å². The van der Waals surface area contributed by atoms with E-state index in [2.05, 4.69) is 10.1 Å². The Kier molecular flexibility index (Phi) is 3.09. The number of hydrogen-bond acceptors (Lipinski definition) is 3. The van der Waals surface area contributed by atoms with Gasteiger partial charge in [0.25, 0.3) is 0 Å². The number of thiophene rings is 1. The summed E-state index contributed by atoms with van der Waals surface area (Å²) in [6, 6.07) is 2.05. The molecule has 1 aromatic rings. The van der Waals surface area contributed by atoms with E-state index < -0.39 is 0 Å². The smallest absolute Gasteiger partial charge is 0.306 e. The average Bonchev–Trinajstić information content (AvgIpc) is 2.55.